The van der Waals surface area contributed by atoms with E-state index in [1.165, 1.54) is 7.11 Å². The zero-order valence-electron chi connectivity index (χ0n) is 9.54. The average Bonchev–Trinajstić information content (AvgIpc) is 2.33. The molecule has 0 unspecified atom stereocenters. The highest BCUT2D eigenvalue weighted by Gasteiger charge is 2.09. The zero-order valence-corrected chi connectivity index (χ0v) is 11.0. The highest BCUT2D eigenvalue weighted by atomic mass is 35.5. The standard InChI is InChI=1S/C11H11Cl2NO4/c1-17-11(16)5-10(15)14-18-6-7-2-3-8(12)9(13)4-7/h2-4H,5-6H2,1H3,(H,14,15). The van der Waals surface area contributed by atoms with Crippen LogP contribution in [0.1, 0.15) is 12.0 Å². The number of carbonyl (C=O) groups is 2. The van der Waals surface area contributed by atoms with Gasteiger partial charge in [-0.2, -0.15) is 0 Å². The van der Waals surface area contributed by atoms with Gasteiger partial charge in [-0.15, -0.1) is 0 Å². The van der Waals surface area contributed by atoms with E-state index in [4.69, 9.17) is 28.0 Å². The van der Waals surface area contributed by atoms with E-state index in [1.54, 1.807) is 18.2 Å². The lowest BCUT2D eigenvalue weighted by atomic mass is 10.2. The lowest BCUT2D eigenvalue weighted by molar-refractivity contribution is -0.147. The number of esters is 1. The van der Waals surface area contributed by atoms with Crippen molar-refractivity contribution in [2.75, 3.05) is 7.11 Å². The summed E-state index contributed by atoms with van der Waals surface area (Å²) in [6, 6.07) is 4.95. The number of nitrogens with one attached hydrogen (secondary N) is 1. The molecule has 0 saturated carbocycles. The normalized spacial score (nSPS) is 9.94. The van der Waals surface area contributed by atoms with Crippen molar-refractivity contribution in [2.45, 2.75) is 13.0 Å². The Bertz CT molecular complexity index is 451. The van der Waals surface area contributed by atoms with E-state index in [1.807, 2.05) is 0 Å². The lowest BCUT2D eigenvalue weighted by Gasteiger charge is -2.06. The number of amides is 1. The molecule has 7 heteroatoms. The van der Waals surface area contributed by atoms with Crippen LogP contribution in [0.25, 0.3) is 0 Å². The number of carbonyl (C=O) groups excluding carboxylic acids is 2. The molecule has 0 bridgehead atoms. The molecule has 98 valence electrons. The van der Waals surface area contributed by atoms with Gasteiger partial charge in [0, 0.05) is 0 Å². The Morgan fingerprint density at radius 2 is 2.00 bits per heavy atom. The van der Waals surface area contributed by atoms with E-state index in [9.17, 15) is 9.59 Å². The molecule has 0 saturated heterocycles. The van der Waals surface area contributed by atoms with E-state index >= 15 is 0 Å². The van der Waals surface area contributed by atoms with Gasteiger partial charge in [-0.1, -0.05) is 29.3 Å². The van der Waals surface area contributed by atoms with Gasteiger partial charge in [0.25, 0.3) is 5.91 Å². The molecule has 1 amide bonds. The largest absolute Gasteiger partial charge is 0.469 e. The van der Waals surface area contributed by atoms with Crippen LogP contribution in [0.2, 0.25) is 10.0 Å². The highest BCUT2D eigenvalue weighted by molar-refractivity contribution is 6.42. The third-order valence-electron chi connectivity index (χ3n) is 1.94. The number of halogens is 2. The Morgan fingerprint density at radius 3 is 2.61 bits per heavy atom. The van der Waals surface area contributed by atoms with Crippen molar-refractivity contribution in [3.63, 3.8) is 0 Å². The van der Waals surface area contributed by atoms with Crippen LogP contribution in [0.3, 0.4) is 0 Å². The fraction of sp³-hybridized carbons (Fsp3) is 0.273. The first kappa shape index (κ1) is 14.8. The van der Waals surface area contributed by atoms with Gasteiger partial charge in [0.2, 0.25) is 0 Å². The minimum atomic E-state index is -0.634. The summed E-state index contributed by atoms with van der Waals surface area (Å²) < 4.78 is 4.33. The number of hydrogen-bond acceptors (Lipinski definition) is 4. The maximum Gasteiger partial charge on any atom is 0.315 e. The second kappa shape index (κ2) is 7.20. The van der Waals surface area contributed by atoms with Gasteiger partial charge >= 0.3 is 5.97 Å². The van der Waals surface area contributed by atoms with Crippen LogP contribution in [-0.4, -0.2) is 19.0 Å². The average molecular weight is 292 g/mol. The summed E-state index contributed by atoms with van der Waals surface area (Å²) in [5, 5.41) is 0.841. The molecule has 1 rings (SSSR count). The van der Waals surface area contributed by atoms with Crippen molar-refractivity contribution in [3.8, 4) is 0 Å². The van der Waals surface area contributed by atoms with Gasteiger partial charge in [0.05, 0.1) is 23.8 Å². The monoisotopic (exact) mass is 291 g/mol. The highest BCUT2D eigenvalue weighted by Crippen LogP contribution is 2.22. The number of hydrogen-bond donors (Lipinski definition) is 1. The summed E-state index contributed by atoms with van der Waals surface area (Å²) in [5.41, 5.74) is 2.85. The molecule has 5 nitrogen and oxygen atoms in total. The SMILES string of the molecule is COC(=O)CC(=O)NOCc1ccc(Cl)c(Cl)c1. The van der Waals surface area contributed by atoms with Crippen LogP contribution >= 0.6 is 23.2 Å². The molecule has 0 atom stereocenters. The number of rotatable bonds is 5. The third-order valence-corrected chi connectivity index (χ3v) is 2.68. The van der Waals surface area contributed by atoms with E-state index in [0.29, 0.717) is 10.0 Å². The number of ether oxygens (including phenoxy) is 1. The molecule has 1 N–H and O–H groups in total. The van der Waals surface area contributed by atoms with Crippen molar-refractivity contribution < 1.29 is 19.2 Å². The first-order chi connectivity index (χ1) is 8.52. The van der Waals surface area contributed by atoms with Crippen LogP contribution in [0.5, 0.6) is 0 Å². The summed E-state index contributed by atoms with van der Waals surface area (Å²) in [7, 11) is 1.20. The van der Waals surface area contributed by atoms with E-state index in [2.05, 4.69) is 10.2 Å². The molecule has 0 radical (unpaired) electrons. The minimum Gasteiger partial charge on any atom is -0.469 e. The minimum absolute atomic E-state index is 0.115. The smallest absolute Gasteiger partial charge is 0.315 e. The first-order valence-electron chi connectivity index (χ1n) is 4.94. The number of hydroxylamine groups is 1. The predicted molar refractivity (Wildman–Crippen MR) is 66.0 cm³/mol. The summed E-state index contributed by atoms with van der Waals surface area (Å²) in [5.74, 6) is -1.22. The van der Waals surface area contributed by atoms with Gasteiger partial charge < -0.3 is 4.74 Å². The quantitative estimate of drug-likeness (QED) is 0.513. The molecule has 0 aliphatic carbocycles. The van der Waals surface area contributed by atoms with Gasteiger partial charge in [-0.25, -0.2) is 5.48 Å². The molecule has 0 fully saturated rings. The van der Waals surface area contributed by atoms with Gasteiger partial charge in [-0.05, 0) is 17.7 Å². The molecule has 18 heavy (non-hydrogen) atoms. The molecule has 0 aliphatic rings. The fourth-order valence-electron chi connectivity index (χ4n) is 1.07. The van der Waals surface area contributed by atoms with E-state index in [0.717, 1.165) is 5.56 Å². The van der Waals surface area contributed by atoms with Crippen LogP contribution in [0.15, 0.2) is 18.2 Å². The Hall–Kier alpha value is -1.30. The third kappa shape index (κ3) is 4.91. The topological polar surface area (TPSA) is 64.6 Å². The van der Waals surface area contributed by atoms with E-state index < -0.39 is 18.3 Å². The Balaban J connectivity index is 2.35. The number of methoxy groups -OCH3 is 1. The zero-order chi connectivity index (χ0) is 13.5. The van der Waals surface area contributed by atoms with Crippen molar-refractivity contribution in [1.29, 1.82) is 0 Å². The molecule has 1 aromatic carbocycles. The summed E-state index contributed by atoms with van der Waals surface area (Å²) in [6.07, 6.45) is -0.391. The summed E-state index contributed by atoms with van der Waals surface area (Å²) in [6.45, 7) is 0.115. The fourth-order valence-corrected chi connectivity index (χ4v) is 1.39. The van der Waals surface area contributed by atoms with Crippen molar-refractivity contribution in [3.05, 3.63) is 33.8 Å². The van der Waals surface area contributed by atoms with Crippen LogP contribution in [0.4, 0.5) is 0 Å². The second-order valence-corrected chi connectivity index (χ2v) is 4.13. The summed E-state index contributed by atoms with van der Waals surface area (Å²) >= 11 is 11.6. The first-order valence-corrected chi connectivity index (χ1v) is 5.70. The van der Waals surface area contributed by atoms with Crippen LogP contribution in [0, 0.1) is 0 Å². The molecule has 0 aliphatic heterocycles. The molecule has 1 aromatic rings. The molecular weight excluding hydrogens is 281 g/mol. The van der Waals surface area contributed by atoms with Crippen molar-refractivity contribution in [2.24, 2.45) is 0 Å². The van der Waals surface area contributed by atoms with Gasteiger partial charge in [-0.3, -0.25) is 14.4 Å². The van der Waals surface area contributed by atoms with Crippen LogP contribution < -0.4 is 5.48 Å². The van der Waals surface area contributed by atoms with Gasteiger partial charge in [0.15, 0.2) is 0 Å². The van der Waals surface area contributed by atoms with Crippen LogP contribution in [-0.2, 0) is 25.8 Å². The van der Waals surface area contributed by atoms with Crippen molar-refractivity contribution in [1.82, 2.24) is 5.48 Å². The summed E-state index contributed by atoms with van der Waals surface area (Å²) in [4.78, 5) is 26.8. The Labute approximate surface area is 114 Å². The second-order valence-electron chi connectivity index (χ2n) is 3.32. The molecule has 0 spiro atoms. The molecule has 0 heterocycles. The maximum atomic E-state index is 11.1. The Morgan fingerprint density at radius 1 is 1.28 bits per heavy atom. The van der Waals surface area contributed by atoms with Crippen molar-refractivity contribution >= 4 is 35.1 Å². The predicted octanol–water partition coefficient (Wildman–Crippen LogP) is 2.10. The molecule has 0 aromatic heterocycles. The van der Waals surface area contributed by atoms with E-state index in [-0.39, 0.29) is 6.61 Å². The number of benzene rings is 1. The lowest BCUT2D eigenvalue weighted by Crippen LogP contribution is -2.26. The maximum absolute atomic E-state index is 11.1. The molecular formula is C11H11Cl2NO4. The Kier molecular flexibility index (Phi) is 5.91. The van der Waals surface area contributed by atoms with Gasteiger partial charge in [0.1, 0.15) is 6.42 Å².